The molecule has 0 radical (unpaired) electrons. The fourth-order valence-electron chi connectivity index (χ4n) is 7.02. The second-order valence-corrected chi connectivity index (χ2v) is 20.8. The molecule has 0 heterocycles. The second kappa shape index (κ2) is 36.8. The van der Waals surface area contributed by atoms with E-state index in [-0.39, 0.29) is 52.5 Å². The van der Waals surface area contributed by atoms with Gasteiger partial charge in [-0.1, -0.05) is 113 Å². The number of hydrogen-bond donors (Lipinski definition) is 2. The third-order valence-corrected chi connectivity index (χ3v) is 11.1. The predicted molar refractivity (Wildman–Crippen MR) is 296 cm³/mol. The normalized spacial score (nSPS) is 10.8. The van der Waals surface area contributed by atoms with Crippen LogP contribution in [-0.2, 0) is 47.2 Å². The molecule has 0 aromatic heterocycles. The molecule has 12 nitrogen and oxygen atoms in total. The predicted octanol–water partition coefficient (Wildman–Crippen LogP) is 11.4. The first-order valence-corrected chi connectivity index (χ1v) is 25.4. The van der Waals surface area contributed by atoms with E-state index in [1.807, 2.05) is 131 Å². The van der Waals surface area contributed by atoms with Gasteiger partial charge in [0.05, 0.1) is 26.7 Å². The van der Waals surface area contributed by atoms with Crippen molar-refractivity contribution < 1.29 is 38.2 Å². The molecule has 1 amide bonds. The van der Waals surface area contributed by atoms with Gasteiger partial charge in [-0.2, -0.15) is 0 Å². The van der Waals surface area contributed by atoms with E-state index in [4.69, 9.17) is 14.2 Å². The number of nitrogens with one attached hydrogen (secondary N) is 2. The van der Waals surface area contributed by atoms with Crippen LogP contribution in [0.25, 0.3) is 0 Å². The second-order valence-electron chi connectivity index (χ2n) is 20.8. The van der Waals surface area contributed by atoms with Crippen LogP contribution in [0.1, 0.15) is 137 Å². The van der Waals surface area contributed by atoms with Gasteiger partial charge in [-0.05, 0) is 113 Å². The van der Waals surface area contributed by atoms with Crippen molar-refractivity contribution in [3.63, 3.8) is 0 Å². The van der Waals surface area contributed by atoms with E-state index in [0.717, 1.165) is 60.2 Å². The highest BCUT2D eigenvalue weighted by molar-refractivity contribution is 5.87. The van der Waals surface area contributed by atoms with E-state index in [1.165, 1.54) is 16.7 Å². The van der Waals surface area contributed by atoms with Crippen molar-refractivity contribution in [2.75, 3.05) is 74.4 Å². The number of ether oxygens (including phenoxy) is 3. The highest BCUT2D eigenvalue weighted by Gasteiger charge is 2.30. The fraction of sp³-hybridized carbons (Fsp3) is 0.610. The van der Waals surface area contributed by atoms with Crippen LogP contribution in [0.4, 0.5) is 5.69 Å². The van der Waals surface area contributed by atoms with Crippen LogP contribution in [0, 0.1) is 43.4 Å². The van der Waals surface area contributed by atoms with Crippen molar-refractivity contribution in [3.05, 3.63) is 88.5 Å². The zero-order chi connectivity index (χ0) is 55.0. The molecule has 0 saturated heterocycles. The monoisotopic (exact) mass is 991 g/mol. The Kier molecular flexibility index (Phi) is 35.2. The number of Topliss-reactive ketones (excluding diaryl/α,β-unsaturated/α-hetero) is 3. The van der Waals surface area contributed by atoms with Crippen LogP contribution >= 0.6 is 0 Å². The summed E-state index contributed by atoms with van der Waals surface area (Å²) in [7, 11) is 12.9. The Morgan fingerprint density at radius 2 is 1.21 bits per heavy atom. The number of anilines is 1. The Bertz CT molecular complexity index is 1970. The van der Waals surface area contributed by atoms with E-state index >= 15 is 0 Å². The average Bonchev–Trinajstić information content (AvgIpc) is 3.29. The highest BCUT2D eigenvalue weighted by Crippen LogP contribution is 2.38. The van der Waals surface area contributed by atoms with Crippen LogP contribution in [0.2, 0.25) is 0 Å². The number of carbonyl (C=O) groups excluding carboxylic acids is 5. The largest absolute Gasteiger partial charge is 0.497 e. The Hall–Kier alpha value is -5.07. The van der Waals surface area contributed by atoms with Gasteiger partial charge in [0.25, 0.3) is 0 Å². The number of benzene rings is 3. The molecule has 2 N–H and O–H groups in total. The van der Waals surface area contributed by atoms with Crippen LogP contribution in [0.15, 0.2) is 60.7 Å². The maximum Gasteiger partial charge on any atom is 0.308 e. The minimum absolute atomic E-state index is 0.0485. The summed E-state index contributed by atoms with van der Waals surface area (Å²) in [5.41, 5.74) is 6.75. The van der Waals surface area contributed by atoms with Crippen LogP contribution in [0.3, 0.4) is 0 Å². The summed E-state index contributed by atoms with van der Waals surface area (Å²) in [4.78, 5) is 60.7. The number of likely N-dealkylation sites (N-methyl/N-ethyl adjacent to an activating group) is 1. The minimum atomic E-state index is -0.204. The minimum Gasteiger partial charge on any atom is -0.497 e. The third-order valence-electron chi connectivity index (χ3n) is 11.1. The molecule has 0 spiro atoms. The maximum absolute atomic E-state index is 12.1. The van der Waals surface area contributed by atoms with Gasteiger partial charge in [-0.25, -0.2) is 0 Å². The summed E-state index contributed by atoms with van der Waals surface area (Å²) in [6.45, 7) is 30.6. The molecule has 0 aliphatic heterocycles. The van der Waals surface area contributed by atoms with Crippen molar-refractivity contribution in [1.82, 2.24) is 15.1 Å². The molecule has 3 aromatic rings. The Morgan fingerprint density at radius 3 is 1.65 bits per heavy atom. The number of hydrogen-bond acceptors (Lipinski definition) is 11. The van der Waals surface area contributed by atoms with Crippen LogP contribution in [-0.4, -0.2) is 108 Å². The van der Waals surface area contributed by atoms with Gasteiger partial charge >= 0.3 is 5.97 Å². The van der Waals surface area contributed by atoms with Crippen molar-refractivity contribution in [2.45, 2.75) is 141 Å². The van der Waals surface area contributed by atoms with Gasteiger partial charge in [-0.3, -0.25) is 24.0 Å². The molecule has 402 valence electrons. The molecule has 0 fully saturated rings. The zero-order valence-electron chi connectivity index (χ0n) is 48.2. The molecule has 0 aliphatic carbocycles. The van der Waals surface area contributed by atoms with Gasteiger partial charge in [0.2, 0.25) is 5.91 Å². The molecule has 3 aromatic carbocycles. The molecular formula is C59H98N4O8. The first kappa shape index (κ1) is 68.0. The number of nitrogens with zero attached hydrogens (tertiary/aromatic N) is 2. The lowest BCUT2D eigenvalue weighted by atomic mass is 9.76. The number of esters is 1. The molecule has 3 rings (SSSR count). The van der Waals surface area contributed by atoms with Crippen molar-refractivity contribution in [3.8, 4) is 11.5 Å². The zero-order valence-corrected chi connectivity index (χ0v) is 48.2. The highest BCUT2D eigenvalue weighted by atomic mass is 16.5. The third kappa shape index (κ3) is 31.1. The SMILES string of the molecule is CC(C)C(=O)N(C)CCCN(C)C.CNCC(=O)CCC(=O)C(C)C.CNc1ccc(COC(=O)C(C)C)cc1.COc1cc(C)cc(C)c1C(C)(C)CC(=O)C(C)C.COc1ccc(CC(C)C)cc1. The fourth-order valence-corrected chi connectivity index (χ4v) is 7.02. The maximum atomic E-state index is 12.1. The summed E-state index contributed by atoms with van der Waals surface area (Å²) in [6, 6.07) is 20.3. The summed E-state index contributed by atoms with van der Waals surface area (Å²) >= 11 is 0. The number of aryl methyl sites for hydroxylation is 2. The van der Waals surface area contributed by atoms with Crippen LogP contribution in [0.5, 0.6) is 11.5 Å². The van der Waals surface area contributed by atoms with Gasteiger partial charge < -0.3 is 34.6 Å². The van der Waals surface area contributed by atoms with Gasteiger partial charge in [0.15, 0.2) is 0 Å². The topological polar surface area (TPSA) is 144 Å². The molecule has 0 bridgehead atoms. The number of carbonyl (C=O) groups is 5. The number of methoxy groups -OCH3 is 2. The van der Waals surface area contributed by atoms with Gasteiger partial charge in [-0.15, -0.1) is 0 Å². The summed E-state index contributed by atoms with van der Waals surface area (Å²) in [6.07, 6.45) is 3.49. The van der Waals surface area contributed by atoms with E-state index in [9.17, 15) is 24.0 Å². The van der Waals surface area contributed by atoms with E-state index in [2.05, 4.69) is 75.3 Å². The first-order valence-electron chi connectivity index (χ1n) is 25.4. The van der Waals surface area contributed by atoms with Crippen LogP contribution < -0.4 is 20.1 Å². The number of amides is 1. The Morgan fingerprint density at radius 1 is 0.662 bits per heavy atom. The molecule has 0 unspecified atom stereocenters. The molecule has 0 atom stereocenters. The van der Waals surface area contributed by atoms with E-state index in [1.54, 1.807) is 21.3 Å². The lowest BCUT2D eigenvalue weighted by Crippen LogP contribution is -2.32. The van der Waals surface area contributed by atoms with E-state index < -0.39 is 0 Å². The van der Waals surface area contributed by atoms with E-state index in [0.29, 0.717) is 38.2 Å². The van der Waals surface area contributed by atoms with Crippen molar-refractivity contribution >= 4 is 34.9 Å². The molecular weight excluding hydrogens is 893 g/mol. The lowest BCUT2D eigenvalue weighted by molar-refractivity contribution is -0.148. The standard InChI is InChI=1S/C17H26O2.C12H17NO2.C11H16O.C10H22N2O.C9H17NO2/c1-11(2)14(18)10-17(5,6)16-13(4)8-12(3)9-15(16)19-7;1-9(2)12(14)15-8-10-4-6-11(13-3)7-5-10;1-9(2)8-10-4-6-11(12-3)7-5-10;1-9(2)10(13)12(5)8-6-7-11(3)4;1-7(2)9(12)5-4-8(11)6-10-3/h8-9,11H,10H2,1-7H3;4-7,9,13H,8H2,1-3H3;4-7,9H,8H2,1-3H3;9H,6-8H2,1-5H3;7,10H,4-6H2,1-3H3. The summed E-state index contributed by atoms with van der Waals surface area (Å²) in [5, 5.41) is 5.79. The lowest BCUT2D eigenvalue weighted by Gasteiger charge is -2.29. The van der Waals surface area contributed by atoms with Crippen molar-refractivity contribution in [1.29, 1.82) is 0 Å². The van der Waals surface area contributed by atoms with Gasteiger partial charge in [0.1, 0.15) is 35.5 Å². The number of ketones is 3. The van der Waals surface area contributed by atoms with Gasteiger partial charge in [0, 0.05) is 74.3 Å². The quantitative estimate of drug-likeness (QED) is 0.0876. The molecule has 0 aliphatic rings. The first-order chi connectivity index (χ1) is 33.1. The van der Waals surface area contributed by atoms with Crippen molar-refractivity contribution in [2.24, 2.45) is 29.6 Å². The molecule has 0 saturated carbocycles. The Labute approximate surface area is 431 Å². The average molecular weight is 991 g/mol. The smallest absolute Gasteiger partial charge is 0.308 e. The number of rotatable bonds is 23. The Balaban J connectivity index is 0. The summed E-state index contributed by atoms with van der Waals surface area (Å²) < 4.78 is 15.7. The molecule has 71 heavy (non-hydrogen) atoms. The summed E-state index contributed by atoms with van der Waals surface area (Å²) in [5.74, 6) is 3.36. The molecule has 12 heteroatoms.